The second kappa shape index (κ2) is 4.59. The number of hydrogen-bond donors (Lipinski definition) is 1. The van der Waals surface area contributed by atoms with E-state index < -0.39 is 0 Å². The average molecular weight is 222 g/mol. The Hall–Kier alpha value is -1.13. The Balaban J connectivity index is 2.29. The topological polar surface area (TPSA) is 38.1 Å². The van der Waals surface area contributed by atoms with Gasteiger partial charge in [-0.15, -0.1) is 11.3 Å². The molecule has 0 aromatic carbocycles. The van der Waals surface area contributed by atoms with Crippen molar-refractivity contribution in [1.29, 1.82) is 0 Å². The molecule has 1 N–H and O–H groups in total. The van der Waals surface area contributed by atoms with Crippen molar-refractivity contribution in [1.82, 2.24) is 10.3 Å². The van der Waals surface area contributed by atoms with Crippen molar-refractivity contribution < 1.29 is 4.42 Å². The lowest BCUT2D eigenvalue weighted by Gasteiger charge is -1.98. The molecule has 80 valence electrons. The summed E-state index contributed by atoms with van der Waals surface area (Å²) in [6.45, 7) is 2.97. The average Bonchev–Trinajstić information content (AvgIpc) is 2.83. The molecule has 4 heteroatoms. The quantitative estimate of drug-likeness (QED) is 0.863. The zero-order valence-corrected chi connectivity index (χ0v) is 9.73. The normalized spacial score (nSPS) is 10.8. The Labute approximate surface area is 93.2 Å². The second-order valence-electron chi connectivity index (χ2n) is 3.34. The third kappa shape index (κ3) is 2.27. The number of furan rings is 1. The van der Waals surface area contributed by atoms with Gasteiger partial charge in [0.05, 0.1) is 21.8 Å². The molecule has 0 aliphatic carbocycles. The van der Waals surface area contributed by atoms with Crippen molar-refractivity contribution >= 4 is 11.3 Å². The van der Waals surface area contributed by atoms with Gasteiger partial charge in [0.1, 0.15) is 5.76 Å². The molecule has 2 heterocycles. The molecular formula is C11H14N2OS. The van der Waals surface area contributed by atoms with Gasteiger partial charge in [0.25, 0.3) is 0 Å². The Morgan fingerprint density at radius 2 is 2.40 bits per heavy atom. The van der Waals surface area contributed by atoms with Crippen molar-refractivity contribution in [3.63, 3.8) is 0 Å². The van der Waals surface area contributed by atoms with Crippen LogP contribution in [0.15, 0.2) is 22.8 Å². The largest absolute Gasteiger partial charge is 0.463 e. The lowest BCUT2D eigenvalue weighted by Crippen LogP contribution is -2.10. The minimum atomic E-state index is 0.923. The number of rotatable bonds is 4. The van der Waals surface area contributed by atoms with Gasteiger partial charge in [-0.3, -0.25) is 0 Å². The van der Waals surface area contributed by atoms with E-state index in [0.29, 0.717) is 0 Å². The molecule has 0 atom stereocenters. The van der Waals surface area contributed by atoms with Crippen LogP contribution in [-0.4, -0.2) is 18.6 Å². The molecule has 0 radical (unpaired) electrons. The van der Waals surface area contributed by atoms with Gasteiger partial charge in [-0.1, -0.05) is 0 Å². The summed E-state index contributed by atoms with van der Waals surface area (Å²) >= 11 is 1.69. The minimum absolute atomic E-state index is 0.923. The van der Waals surface area contributed by atoms with Gasteiger partial charge in [0.2, 0.25) is 0 Å². The molecule has 0 amide bonds. The van der Waals surface area contributed by atoms with Crippen LogP contribution in [-0.2, 0) is 6.42 Å². The van der Waals surface area contributed by atoms with E-state index >= 15 is 0 Å². The minimum Gasteiger partial charge on any atom is -0.463 e. The summed E-state index contributed by atoms with van der Waals surface area (Å²) in [5.41, 5.74) is 1.13. The van der Waals surface area contributed by atoms with Crippen LogP contribution in [0.3, 0.4) is 0 Å². The van der Waals surface area contributed by atoms with Gasteiger partial charge >= 0.3 is 0 Å². The molecular weight excluding hydrogens is 208 g/mol. The highest BCUT2D eigenvalue weighted by atomic mass is 32.1. The van der Waals surface area contributed by atoms with Crippen LogP contribution in [0.4, 0.5) is 0 Å². The van der Waals surface area contributed by atoms with Gasteiger partial charge < -0.3 is 9.73 Å². The van der Waals surface area contributed by atoms with E-state index in [1.54, 1.807) is 17.6 Å². The number of thiazole rings is 1. The number of nitrogens with zero attached hydrogens (tertiary/aromatic N) is 1. The second-order valence-corrected chi connectivity index (χ2v) is 4.54. The molecule has 0 spiro atoms. The third-order valence-corrected chi connectivity index (χ3v) is 3.19. The highest BCUT2D eigenvalue weighted by molar-refractivity contribution is 7.15. The van der Waals surface area contributed by atoms with Crippen LogP contribution in [0.5, 0.6) is 0 Å². The zero-order valence-electron chi connectivity index (χ0n) is 8.91. The van der Waals surface area contributed by atoms with Gasteiger partial charge in [-0.25, -0.2) is 4.98 Å². The molecule has 0 saturated carbocycles. The highest BCUT2D eigenvalue weighted by Crippen LogP contribution is 2.30. The predicted octanol–water partition coefficient (Wildman–Crippen LogP) is 2.47. The fourth-order valence-corrected chi connectivity index (χ4v) is 2.42. The molecule has 15 heavy (non-hydrogen) atoms. The Bertz CT molecular complexity index is 420. The monoisotopic (exact) mass is 222 g/mol. The van der Waals surface area contributed by atoms with Gasteiger partial charge in [0.15, 0.2) is 0 Å². The maximum atomic E-state index is 5.40. The van der Waals surface area contributed by atoms with Crippen molar-refractivity contribution in [2.24, 2.45) is 0 Å². The van der Waals surface area contributed by atoms with Crippen molar-refractivity contribution in [3.05, 3.63) is 29.1 Å². The summed E-state index contributed by atoms with van der Waals surface area (Å²) in [6.07, 6.45) is 2.64. The van der Waals surface area contributed by atoms with Crippen LogP contribution in [0.1, 0.15) is 10.7 Å². The summed E-state index contributed by atoms with van der Waals surface area (Å²) < 4.78 is 5.40. The summed E-state index contributed by atoms with van der Waals surface area (Å²) in [7, 11) is 1.95. The Morgan fingerprint density at radius 1 is 1.53 bits per heavy atom. The highest BCUT2D eigenvalue weighted by Gasteiger charge is 2.12. The molecule has 0 unspecified atom stereocenters. The summed E-state index contributed by atoms with van der Waals surface area (Å²) in [5, 5.41) is 4.22. The molecule has 2 aromatic rings. The van der Waals surface area contributed by atoms with E-state index in [1.807, 2.05) is 26.1 Å². The number of likely N-dealkylation sites (N-methyl/N-ethyl adjacent to an activating group) is 1. The van der Waals surface area contributed by atoms with Crippen LogP contribution in [0.25, 0.3) is 10.6 Å². The van der Waals surface area contributed by atoms with Crippen LogP contribution >= 0.6 is 11.3 Å². The fraction of sp³-hybridized carbons (Fsp3) is 0.364. The van der Waals surface area contributed by atoms with Crippen molar-refractivity contribution in [2.45, 2.75) is 13.3 Å². The summed E-state index contributed by atoms with van der Waals surface area (Å²) in [6, 6.07) is 3.89. The first-order chi connectivity index (χ1) is 7.31. The maximum absolute atomic E-state index is 5.40. The van der Waals surface area contributed by atoms with E-state index in [0.717, 1.165) is 34.3 Å². The summed E-state index contributed by atoms with van der Waals surface area (Å²) in [5.74, 6) is 0.923. The lowest BCUT2D eigenvalue weighted by molar-refractivity contribution is 0.582. The van der Waals surface area contributed by atoms with E-state index in [9.17, 15) is 0 Å². The van der Waals surface area contributed by atoms with Crippen LogP contribution in [0.2, 0.25) is 0 Å². The first-order valence-corrected chi connectivity index (χ1v) is 5.77. The molecule has 0 aliphatic heterocycles. The molecule has 0 aliphatic rings. The van der Waals surface area contributed by atoms with E-state index in [-0.39, 0.29) is 0 Å². The lowest BCUT2D eigenvalue weighted by atomic mass is 10.2. The van der Waals surface area contributed by atoms with E-state index in [1.165, 1.54) is 0 Å². The fourth-order valence-electron chi connectivity index (χ4n) is 1.48. The standard InChI is InChI=1S/C11H14N2OS/c1-8-13-9(5-6-12-2)11(15-8)10-4-3-7-14-10/h3-4,7,12H,5-6H2,1-2H3. The Morgan fingerprint density at radius 3 is 3.07 bits per heavy atom. The van der Waals surface area contributed by atoms with Crippen LogP contribution in [0, 0.1) is 6.92 Å². The predicted molar refractivity (Wildman–Crippen MR) is 62.2 cm³/mol. The first kappa shape index (κ1) is 10.4. The molecule has 0 bridgehead atoms. The van der Waals surface area contributed by atoms with E-state index in [2.05, 4.69) is 10.3 Å². The number of hydrogen-bond acceptors (Lipinski definition) is 4. The van der Waals surface area contributed by atoms with Gasteiger partial charge in [-0.2, -0.15) is 0 Å². The molecule has 2 rings (SSSR count). The third-order valence-electron chi connectivity index (χ3n) is 2.16. The smallest absolute Gasteiger partial charge is 0.145 e. The van der Waals surface area contributed by atoms with E-state index in [4.69, 9.17) is 4.42 Å². The SMILES string of the molecule is CNCCc1nc(C)sc1-c1ccco1. The number of nitrogens with one attached hydrogen (secondary N) is 1. The molecule has 0 saturated heterocycles. The van der Waals surface area contributed by atoms with Gasteiger partial charge in [0, 0.05) is 13.0 Å². The number of aryl methyl sites for hydroxylation is 1. The maximum Gasteiger partial charge on any atom is 0.145 e. The zero-order chi connectivity index (χ0) is 10.7. The summed E-state index contributed by atoms with van der Waals surface area (Å²) in [4.78, 5) is 5.68. The Kier molecular flexibility index (Phi) is 3.18. The number of aromatic nitrogens is 1. The molecule has 2 aromatic heterocycles. The van der Waals surface area contributed by atoms with Crippen molar-refractivity contribution in [3.8, 4) is 10.6 Å². The molecule has 0 fully saturated rings. The van der Waals surface area contributed by atoms with Crippen molar-refractivity contribution in [2.75, 3.05) is 13.6 Å². The van der Waals surface area contributed by atoms with Gasteiger partial charge in [-0.05, 0) is 26.1 Å². The first-order valence-electron chi connectivity index (χ1n) is 4.96. The molecule has 3 nitrogen and oxygen atoms in total. The van der Waals surface area contributed by atoms with Crippen LogP contribution < -0.4 is 5.32 Å².